The Labute approximate surface area is 148 Å². The zero-order valence-electron chi connectivity index (χ0n) is 14.0. The largest absolute Gasteiger partial charge is 0.464 e. The summed E-state index contributed by atoms with van der Waals surface area (Å²) < 4.78 is 18.4. The maximum atomic E-state index is 13.4. The van der Waals surface area contributed by atoms with E-state index >= 15 is 0 Å². The van der Waals surface area contributed by atoms with Crippen molar-refractivity contribution in [2.24, 2.45) is 0 Å². The van der Waals surface area contributed by atoms with Crippen LogP contribution in [0.4, 0.5) is 10.1 Å². The number of rotatable bonds is 7. The lowest BCUT2D eigenvalue weighted by Gasteiger charge is -2.17. The summed E-state index contributed by atoms with van der Waals surface area (Å²) in [6.07, 6.45) is 0.133. The zero-order valence-corrected chi connectivity index (χ0v) is 14.0. The maximum Gasteiger partial charge on any atom is 0.328 e. The van der Waals surface area contributed by atoms with Crippen LogP contribution in [0.5, 0.6) is 0 Å². The number of nitrogens with zero attached hydrogens (tertiary/aromatic N) is 1. The van der Waals surface area contributed by atoms with E-state index in [0.29, 0.717) is 0 Å². The molecule has 0 saturated carbocycles. The second-order valence-corrected chi connectivity index (χ2v) is 5.39. The van der Waals surface area contributed by atoms with Gasteiger partial charge < -0.3 is 10.1 Å². The quantitative estimate of drug-likeness (QED) is 0.465. The van der Waals surface area contributed by atoms with E-state index in [2.05, 4.69) is 5.32 Å². The summed E-state index contributed by atoms with van der Waals surface area (Å²) in [5.74, 6) is -2.40. The number of hydrogen-bond acceptors (Lipinski definition) is 5. The number of halogens is 1. The molecule has 1 atom stereocenters. The van der Waals surface area contributed by atoms with Gasteiger partial charge in [0.15, 0.2) is 0 Å². The maximum absolute atomic E-state index is 13.4. The first-order chi connectivity index (χ1) is 12.4. The summed E-state index contributed by atoms with van der Waals surface area (Å²) in [6, 6.07) is 10.4. The molecule has 0 saturated heterocycles. The number of nitro groups is 1. The Balaban J connectivity index is 2.27. The van der Waals surface area contributed by atoms with Gasteiger partial charge in [0, 0.05) is 12.5 Å². The van der Waals surface area contributed by atoms with E-state index in [4.69, 9.17) is 4.74 Å². The van der Waals surface area contributed by atoms with Gasteiger partial charge in [-0.2, -0.15) is 0 Å². The molecule has 0 spiro atoms. The van der Waals surface area contributed by atoms with Crippen LogP contribution >= 0.6 is 0 Å². The van der Waals surface area contributed by atoms with Crippen LogP contribution in [0.25, 0.3) is 0 Å². The van der Waals surface area contributed by atoms with Crippen molar-refractivity contribution in [3.8, 4) is 0 Å². The normalized spacial score (nSPS) is 11.5. The molecule has 1 N–H and O–H groups in total. The molecule has 0 aliphatic rings. The minimum absolute atomic E-state index is 0.111. The Bertz CT molecular complexity index is 810. The van der Waals surface area contributed by atoms with Crippen LogP contribution < -0.4 is 5.32 Å². The van der Waals surface area contributed by atoms with Crippen molar-refractivity contribution in [3.63, 3.8) is 0 Å². The molecule has 0 aliphatic carbocycles. The number of hydrogen-bond donors (Lipinski definition) is 1. The van der Waals surface area contributed by atoms with E-state index in [9.17, 15) is 24.1 Å². The second kappa shape index (κ2) is 8.70. The summed E-state index contributed by atoms with van der Waals surface area (Å²) >= 11 is 0. The molecule has 2 aromatic carbocycles. The van der Waals surface area contributed by atoms with Gasteiger partial charge in [-0.3, -0.25) is 14.9 Å². The highest BCUT2D eigenvalue weighted by molar-refractivity contribution is 6.00. The Morgan fingerprint density at radius 1 is 1.23 bits per heavy atom. The fourth-order valence-corrected chi connectivity index (χ4v) is 2.37. The third-order valence-corrected chi connectivity index (χ3v) is 3.56. The summed E-state index contributed by atoms with van der Waals surface area (Å²) in [6.45, 7) is 1.73. The summed E-state index contributed by atoms with van der Waals surface area (Å²) in [7, 11) is 0. The molecule has 7 nitrogen and oxygen atoms in total. The molecule has 0 bridgehead atoms. The molecule has 136 valence electrons. The first-order valence-electron chi connectivity index (χ1n) is 7.87. The van der Waals surface area contributed by atoms with E-state index in [1.807, 2.05) is 0 Å². The number of nitrogens with one attached hydrogen (secondary N) is 1. The molecule has 0 aromatic heterocycles. The second-order valence-electron chi connectivity index (χ2n) is 5.39. The predicted molar refractivity (Wildman–Crippen MR) is 91.1 cm³/mol. The van der Waals surface area contributed by atoms with Crippen molar-refractivity contribution in [2.75, 3.05) is 6.61 Å². The number of esters is 1. The zero-order chi connectivity index (χ0) is 19.1. The lowest BCUT2D eigenvalue weighted by atomic mass is 10.0. The molecular weight excluding hydrogens is 343 g/mol. The van der Waals surface area contributed by atoms with Gasteiger partial charge in [-0.15, -0.1) is 0 Å². The Morgan fingerprint density at radius 3 is 2.54 bits per heavy atom. The monoisotopic (exact) mass is 360 g/mol. The molecule has 0 radical (unpaired) electrons. The van der Waals surface area contributed by atoms with Crippen LogP contribution in [-0.2, 0) is 16.0 Å². The number of carbonyl (C=O) groups is 2. The number of carbonyl (C=O) groups excluding carboxylic acids is 2. The Morgan fingerprint density at radius 2 is 1.92 bits per heavy atom. The van der Waals surface area contributed by atoms with Crippen molar-refractivity contribution in [2.45, 2.75) is 19.4 Å². The van der Waals surface area contributed by atoms with Gasteiger partial charge in [0.2, 0.25) is 0 Å². The molecule has 0 heterocycles. The van der Waals surface area contributed by atoms with E-state index in [0.717, 1.165) is 23.8 Å². The van der Waals surface area contributed by atoms with E-state index in [-0.39, 0.29) is 13.0 Å². The first kappa shape index (κ1) is 19.0. The minimum atomic E-state index is -1.06. The fourth-order valence-electron chi connectivity index (χ4n) is 2.37. The van der Waals surface area contributed by atoms with Crippen LogP contribution in [0.1, 0.15) is 22.8 Å². The van der Waals surface area contributed by atoms with Crippen LogP contribution in [-0.4, -0.2) is 29.4 Å². The third-order valence-electron chi connectivity index (χ3n) is 3.56. The minimum Gasteiger partial charge on any atom is -0.464 e. The Hall–Kier alpha value is -3.29. The van der Waals surface area contributed by atoms with Gasteiger partial charge in [-0.05, 0) is 24.6 Å². The van der Waals surface area contributed by atoms with Gasteiger partial charge >= 0.3 is 5.97 Å². The summed E-state index contributed by atoms with van der Waals surface area (Å²) in [4.78, 5) is 34.9. The summed E-state index contributed by atoms with van der Waals surface area (Å²) in [5.41, 5.74) is -0.247. The molecule has 1 amide bonds. The van der Waals surface area contributed by atoms with Crippen molar-refractivity contribution < 1.29 is 23.6 Å². The van der Waals surface area contributed by atoms with Gasteiger partial charge in [0.05, 0.1) is 11.5 Å². The van der Waals surface area contributed by atoms with Crippen molar-refractivity contribution >= 4 is 17.6 Å². The molecule has 2 rings (SSSR count). The van der Waals surface area contributed by atoms with Gasteiger partial charge in [0.25, 0.3) is 11.6 Å². The number of nitro benzene ring substituents is 1. The lowest BCUT2D eigenvalue weighted by molar-refractivity contribution is -0.385. The number of benzene rings is 2. The van der Waals surface area contributed by atoms with E-state index in [1.165, 1.54) is 0 Å². The third kappa shape index (κ3) is 4.85. The highest BCUT2D eigenvalue weighted by Crippen LogP contribution is 2.20. The van der Waals surface area contributed by atoms with Crippen molar-refractivity contribution in [3.05, 3.63) is 75.6 Å². The molecule has 0 fully saturated rings. The van der Waals surface area contributed by atoms with Gasteiger partial charge in [0.1, 0.15) is 17.4 Å². The topological polar surface area (TPSA) is 98.5 Å². The standard InChI is InChI=1S/C18H17FN2O5/c1-2-26-18(23)15(10-12-6-4-3-5-7-12)20-17(22)14-11-13(19)8-9-16(14)21(24)25/h3-9,11,15H,2,10H2,1H3,(H,20,22). The van der Waals surface area contributed by atoms with E-state index < -0.39 is 39.9 Å². The van der Waals surface area contributed by atoms with Crippen LogP contribution in [0.3, 0.4) is 0 Å². The average molecular weight is 360 g/mol. The molecule has 2 aromatic rings. The molecular formula is C18H17FN2O5. The molecule has 26 heavy (non-hydrogen) atoms. The predicted octanol–water partition coefficient (Wildman–Crippen LogP) is 2.64. The lowest BCUT2D eigenvalue weighted by Crippen LogP contribution is -2.43. The van der Waals surface area contributed by atoms with Crippen molar-refractivity contribution in [1.29, 1.82) is 0 Å². The van der Waals surface area contributed by atoms with Gasteiger partial charge in [-0.25, -0.2) is 9.18 Å². The summed E-state index contributed by atoms with van der Waals surface area (Å²) in [5, 5.41) is 13.5. The smallest absolute Gasteiger partial charge is 0.328 e. The molecule has 0 aliphatic heterocycles. The fraction of sp³-hybridized carbons (Fsp3) is 0.222. The first-order valence-corrected chi connectivity index (χ1v) is 7.87. The SMILES string of the molecule is CCOC(=O)C(Cc1ccccc1)NC(=O)c1cc(F)ccc1[N+](=O)[O-]. The average Bonchev–Trinajstić information content (AvgIpc) is 2.61. The van der Waals surface area contributed by atoms with Gasteiger partial charge in [-0.1, -0.05) is 30.3 Å². The van der Waals surface area contributed by atoms with Crippen molar-refractivity contribution in [1.82, 2.24) is 5.32 Å². The Kier molecular flexibility index (Phi) is 6.37. The van der Waals surface area contributed by atoms with E-state index in [1.54, 1.807) is 37.3 Å². The highest BCUT2D eigenvalue weighted by atomic mass is 19.1. The molecule has 8 heteroatoms. The highest BCUT2D eigenvalue weighted by Gasteiger charge is 2.27. The molecule has 1 unspecified atom stereocenters. The number of amides is 1. The van der Waals surface area contributed by atoms with Crippen LogP contribution in [0.2, 0.25) is 0 Å². The number of ether oxygens (including phenoxy) is 1. The van der Waals surface area contributed by atoms with Crippen LogP contribution in [0, 0.1) is 15.9 Å². The van der Waals surface area contributed by atoms with Crippen LogP contribution in [0.15, 0.2) is 48.5 Å².